The molecule has 1 aliphatic carbocycles. The molecule has 5 heteroatoms. The van der Waals surface area contributed by atoms with Gasteiger partial charge in [0.15, 0.2) is 0 Å². The lowest BCUT2D eigenvalue weighted by molar-refractivity contribution is -0.144. The zero-order chi connectivity index (χ0) is 15.1. The molecule has 2 rings (SSSR count). The predicted octanol–water partition coefficient (Wildman–Crippen LogP) is 2.84. The topological polar surface area (TPSA) is 61.2 Å². The fraction of sp³-hybridized carbons (Fsp3) is 0.688. The smallest absolute Gasteiger partial charge is 0.306 e. The van der Waals surface area contributed by atoms with E-state index in [1.165, 1.54) is 25.7 Å². The van der Waals surface area contributed by atoms with E-state index < -0.39 is 0 Å². The summed E-state index contributed by atoms with van der Waals surface area (Å²) in [7, 11) is 0. The maximum absolute atomic E-state index is 11.7. The van der Waals surface area contributed by atoms with Gasteiger partial charge < -0.3 is 4.74 Å². The van der Waals surface area contributed by atoms with Crippen molar-refractivity contribution in [2.24, 2.45) is 0 Å². The van der Waals surface area contributed by atoms with E-state index in [0.29, 0.717) is 25.5 Å². The fourth-order valence-electron chi connectivity index (χ4n) is 2.75. The van der Waals surface area contributed by atoms with Gasteiger partial charge in [0.05, 0.1) is 24.8 Å². The van der Waals surface area contributed by atoms with E-state index in [9.17, 15) is 9.59 Å². The maximum Gasteiger partial charge on any atom is 0.306 e. The van der Waals surface area contributed by atoms with Crippen LogP contribution in [-0.2, 0) is 20.7 Å². The second kappa shape index (κ2) is 7.96. The lowest BCUT2D eigenvalue weighted by Crippen LogP contribution is -2.09. The molecule has 1 aromatic heterocycles. The number of ketones is 1. The molecule has 0 atom stereocenters. The zero-order valence-electron chi connectivity index (χ0n) is 12.7. The Kier molecular flexibility index (Phi) is 5.96. The van der Waals surface area contributed by atoms with Crippen molar-refractivity contribution in [3.05, 3.63) is 18.0 Å². The first-order valence-corrected chi connectivity index (χ1v) is 7.90. The molecular formula is C16H24N2O3. The molecule has 0 N–H and O–H groups in total. The summed E-state index contributed by atoms with van der Waals surface area (Å²) in [5.41, 5.74) is 0.964. The molecule has 1 aliphatic rings. The maximum atomic E-state index is 11.7. The summed E-state index contributed by atoms with van der Waals surface area (Å²) >= 11 is 0. The van der Waals surface area contributed by atoms with Crippen molar-refractivity contribution in [2.75, 3.05) is 6.61 Å². The number of aromatic nitrogens is 2. The minimum absolute atomic E-state index is 0.0958. The standard InChI is InChI=1S/C16H24N2O3/c1-2-21-16(20)10-9-15(19)8-7-13-11-12-18(17-13)14-5-3-4-6-14/h11-12,14H,2-10H2,1H3. The first kappa shape index (κ1) is 15.7. The Labute approximate surface area is 125 Å². The monoisotopic (exact) mass is 292 g/mol. The highest BCUT2D eigenvalue weighted by Gasteiger charge is 2.17. The van der Waals surface area contributed by atoms with Crippen molar-refractivity contribution in [3.63, 3.8) is 0 Å². The number of hydrogen-bond donors (Lipinski definition) is 0. The largest absolute Gasteiger partial charge is 0.466 e. The Morgan fingerprint density at radius 2 is 2.05 bits per heavy atom. The Balaban J connectivity index is 1.70. The molecule has 116 valence electrons. The minimum Gasteiger partial charge on any atom is -0.466 e. The number of nitrogens with zero attached hydrogens (tertiary/aromatic N) is 2. The summed E-state index contributed by atoms with van der Waals surface area (Å²) in [6.45, 7) is 2.13. The number of ether oxygens (including phenoxy) is 1. The number of aryl methyl sites for hydroxylation is 1. The third kappa shape index (κ3) is 4.99. The van der Waals surface area contributed by atoms with E-state index in [4.69, 9.17) is 4.74 Å². The van der Waals surface area contributed by atoms with E-state index in [1.807, 2.05) is 16.9 Å². The highest BCUT2D eigenvalue weighted by molar-refractivity contribution is 5.83. The highest BCUT2D eigenvalue weighted by atomic mass is 16.5. The Morgan fingerprint density at radius 1 is 1.29 bits per heavy atom. The molecule has 0 saturated heterocycles. The van der Waals surface area contributed by atoms with Crippen LogP contribution in [0.4, 0.5) is 0 Å². The van der Waals surface area contributed by atoms with Crippen LogP contribution in [-0.4, -0.2) is 28.1 Å². The molecule has 0 radical (unpaired) electrons. The van der Waals surface area contributed by atoms with Crippen molar-refractivity contribution in [3.8, 4) is 0 Å². The van der Waals surface area contributed by atoms with Gasteiger partial charge in [-0.3, -0.25) is 14.3 Å². The van der Waals surface area contributed by atoms with Crippen molar-refractivity contribution in [1.82, 2.24) is 9.78 Å². The van der Waals surface area contributed by atoms with Gasteiger partial charge in [0.25, 0.3) is 0 Å². The third-order valence-corrected chi connectivity index (χ3v) is 3.94. The average Bonchev–Trinajstić information content (AvgIpc) is 3.13. The fourth-order valence-corrected chi connectivity index (χ4v) is 2.75. The van der Waals surface area contributed by atoms with Gasteiger partial charge in [0, 0.05) is 19.0 Å². The molecule has 1 fully saturated rings. The van der Waals surface area contributed by atoms with E-state index in [2.05, 4.69) is 5.10 Å². The molecule has 0 unspecified atom stereocenters. The molecule has 0 aromatic carbocycles. The highest BCUT2D eigenvalue weighted by Crippen LogP contribution is 2.28. The first-order valence-electron chi connectivity index (χ1n) is 7.90. The summed E-state index contributed by atoms with van der Waals surface area (Å²) in [4.78, 5) is 22.9. The van der Waals surface area contributed by atoms with Crippen LogP contribution in [0, 0.1) is 0 Å². The Bertz CT molecular complexity index is 476. The number of hydrogen-bond acceptors (Lipinski definition) is 4. The average molecular weight is 292 g/mol. The summed E-state index contributed by atoms with van der Waals surface area (Å²) in [6.07, 6.45) is 8.56. The van der Waals surface area contributed by atoms with Gasteiger partial charge >= 0.3 is 5.97 Å². The number of Topliss-reactive ketones (excluding diaryl/α,β-unsaturated/α-hetero) is 1. The lowest BCUT2D eigenvalue weighted by atomic mass is 10.1. The summed E-state index contributed by atoms with van der Waals surface area (Å²) in [6, 6.07) is 2.54. The van der Waals surface area contributed by atoms with Gasteiger partial charge in [-0.15, -0.1) is 0 Å². The van der Waals surface area contributed by atoms with Gasteiger partial charge in [-0.1, -0.05) is 12.8 Å². The van der Waals surface area contributed by atoms with Crippen LogP contribution in [0.15, 0.2) is 12.3 Å². The van der Waals surface area contributed by atoms with Crippen LogP contribution < -0.4 is 0 Å². The van der Waals surface area contributed by atoms with Crippen LogP contribution in [0.5, 0.6) is 0 Å². The van der Waals surface area contributed by atoms with Gasteiger partial charge in [-0.05, 0) is 32.3 Å². The Hall–Kier alpha value is -1.65. The van der Waals surface area contributed by atoms with Crippen LogP contribution in [0.2, 0.25) is 0 Å². The lowest BCUT2D eigenvalue weighted by Gasteiger charge is -2.08. The van der Waals surface area contributed by atoms with E-state index in [-0.39, 0.29) is 24.6 Å². The molecule has 21 heavy (non-hydrogen) atoms. The van der Waals surface area contributed by atoms with Crippen molar-refractivity contribution >= 4 is 11.8 Å². The summed E-state index contributed by atoms with van der Waals surface area (Å²) < 4.78 is 6.86. The van der Waals surface area contributed by atoms with Crippen molar-refractivity contribution in [2.45, 2.75) is 64.3 Å². The van der Waals surface area contributed by atoms with Crippen LogP contribution in [0.25, 0.3) is 0 Å². The molecule has 0 bridgehead atoms. The minimum atomic E-state index is -0.295. The molecule has 1 saturated carbocycles. The van der Waals surface area contributed by atoms with Crippen molar-refractivity contribution in [1.29, 1.82) is 0 Å². The number of esters is 1. The SMILES string of the molecule is CCOC(=O)CCC(=O)CCc1ccn(C2CCCC2)n1. The normalized spacial score (nSPS) is 15.3. The summed E-state index contributed by atoms with van der Waals surface area (Å²) in [5, 5.41) is 4.56. The third-order valence-electron chi connectivity index (χ3n) is 3.94. The molecule has 1 heterocycles. The zero-order valence-corrected chi connectivity index (χ0v) is 12.7. The van der Waals surface area contributed by atoms with Crippen molar-refractivity contribution < 1.29 is 14.3 Å². The molecule has 0 spiro atoms. The van der Waals surface area contributed by atoms with E-state index >= 15 is 0 Å². The predicted molar refractivity (Wildman–Crippen MR) is 78.9 cm³/mol. The van der Waals surface area contributed by atoms with Gasteiger partial charge in [-0.2, -0.15) is 5.10 Å². The quantitative estimate of drug-likeness (QED) is 0.691. The molecular weight excluding hydrogens is 268 g/mol. The van der Waals surface area contributed by atoms with Gasteiger partial charge in [-0.25, -0.2) is 0 Å². The second-order valence-electron chi connectivity index (χ2n) is 5.57. The molecule has 0 aliphatic heterocycles. The number of carbonyl (C=O) groups is 2. The number of rotatable bonds is 8. The van der Waals surface area contributed by atoms with E-state index in [1.54, 1.807) is 6.92 Å². The summed E-state index contributed by atoms with van der Waals surface area (Å²) in [5.74, 6) is -0.199. The van der Waals surface area contributed by atoms with Crippen LogP contribution in [0.3, 0.4) is 0 Å². The molecule has 0 amide bonds. The molecule has 5 nitrogen and oxygen atoms in total. The first-order chi connectivity index (χ1) is 10.2. The second-order valence-corrected chi connectivity index (χ2v) is 5.57. The van der Waals surface area contributed by atoms with Gasteiger partial charge in [0.1, 0.15) is 5.78 Å². The number of carbonyl (C=O) groups excluding carboxylic acids is 2. The van der Waals surface area contributed by atoms with Crippen LogP contribution in [0.1, 0.15) is 63.6 Å². The Morgan fingerprint density at radius 3 is 2.76 bits per heavy atom. The van der Waals surface area contributed by atoms with Crippen LogP contribution >= 0.6 is 0 Å². The molecule has 1 aromatic rings. The van der Waals surface area contributed by atoms with E-state index in [0.717, 1.165) is 5.69 Å². The van der Waals surface area contributed by atoms with Gasteiger partial charge in [0.2, 0.25) is 0 Å².